The van der Waals surface area contributed by atoms with E-state index in [0.29, 0.717) is 25.7 Å². The number of esters is 3. The largest absolute Gasteiger partial charge is 0.462 e. The maximum Gasteiger partial charge on any atom is 0.306 e. The molecule has 0 rings (SSSR count). The van der Waals surface area contributed by atoms with Crippen molar-refractivity contribution in [1.82, 2.24) is 0 Å². The van der Waals surface area contributed by atoms with Crippen LogP contribution in [0.15, 0.2) is 97.2 Å². The van der Waals surface area contributed by atoms with Crippen molar-refractivity contribution in [3.05, 3.63) is 97.2 Å². The maximum absolute atomic E-state index is 12.8. The molecule has 0 radical (unpaired) electrons. The van der Waals surface area contributed by atoms with Gasteiger partial charge >= 0.3 is 17.9 Å². The van der Waals surface area contributed by atoms with Gasteiger partial charge in [0, 0.05) is 19.3 Å². The maximum atomic E-state index is 12.8. The number of hydrogen-bond donors (Lipinski definition) is 0. The number of carbonyl (C=O) groups excluding carboxylic acids is 3. The van der Waals surface area contributed by atoms with Gasteiger partial charge < -0.3 is 14.2 Å². The quantitative estimate of drug-likeness (QED) is 0.0262. The Bertz CT molecular complexity index is 1330. The topological polar surface area (TPSA) is 78.9 Å². The minimum absolute atomic E-state index is 0.106. The smallest absolute Gasteiger partial charge is 0.306 e. The van der Waals surface area contributed by atoms with Crippen LogP contribution in [0, 0.1) is 0 Å². The molecule has 0 aliphatic heterocycles. The van der Waals surface area contributed by atoms with Gasteiger partial charge in [0.05, 0.1) is 0 Å². The molecule has 0 fully saturated rings. The summed E-state index contributed by atoms with van der Waals surface area (Å²) in [4.78, 5) is 38.0. The molecule has 66 heavy (non-hydrogen) atoms. The SMILES string of the molecule is CC/C=C\C/C=C\C/C=C\C/C=C\CCCCC(=O)OCC(COC(=O)CCCCCCCCCCCCCCCCCCCC)OC(=O)CCCC/C=C\C/C=C\C/C=C\C/C=C\CC. The average Bonchev–Trinajstić information content (AvgIpc) is 3.31. The highest BCUT2D eigenvalue weighted by Crippen LogP contribution is 2.15. The zero-order chi connectivity index (χ0) is 47.9. The van der Waals surface area contributed by atoms with Crippen LogP contribution in [0.2, 0.25) is 0 Å². The summed E-state index contributed by atoms with van der Waals surface area (Å²) in [5, 5.41) is 0. The van der Waals surface area contributed by atoms with Crippen molar-refractivity contribution < 1.29 is 28.6 Å². The Morgan fingerprint density at radius 3 is 0.924 bits per heavy atom. The van der Waals surface area contributed by atoms with Crippen LogP contribution in [-0.2, 0) is 28.6 Å². The van der Waals surface area contributed by atoms with Gasteiger partial charge in [-0.1, -0.05) is 227 Å². The van der Waals surface area contributed by atoms with Crippen LogP contribution in [0.5, 0.6) is 0 Å². The molecule has 0 N–H and O–H groups in total. The van der Waals surface area contributed by atoms with Crippen LogP contribution < -0.4 is 0 Å². The van der Waals surface area contributed by atoms with E-state index >= 15 is 0 Å². The second-order valence-corrected chi connectivity index (χ2v) is 17.7. The minimum atomic E-state index is -0.815. The van der Waals surface area contributed by atoms with Gasteiger partial charge in [-0.05, 0) is 96.3 Å². The van der Waals surface area contributed by atoms with Gasteiger partial charge in [0.25, 0.3) is 0 Å². The van der Waals surface area contributed by atoms with Crippen LogP contribution in [0.3, 0.4) is 0 Å². The molecular weight excluding hydrogens is 817 g/mol. The highest BCUT2D eigenvalue weighted by atomic mass is 16.6. The lowest BCUT2D eigenvalue weighted by Gasteiger charge is -2.18. The molecule has 0 heterocycles. The van der Waals surface area contributed by atoms with Crippen molar-refractivity contribution in [2.75, 3.05) is 13.2 Å². The van der Waals surface area contributed by atoms with Crippen LogP contribution in [0.4, 0.5) is 0 Å². The lowest BCUT2D eigenvalue weighted by atomic mass is 10.0. The first-order valence-corrected chi connectivity index (χ1v) is 27.2. The fourth-order valence-electron chi connectivity index (χ4n) is 7.31. The van der Waals surface area contributed by atoms with E-state index in [1.807, 2.05) is 0 Å². The number of carbonyl (C=O) groups is 3. The molecular formula is C60H100O6. The molecule has 0 spiro atoms. The number of hydrogen-bond acceptors (Lipinski definition) is 6. The molecule has 0 aliphatic rings. The summed E-state index contributed by atoms with van der Waals surface area (Å²) in [5.41, 5.74) is 0. The second kappa shape index (κ2) is 53.9. The molecule has 1 unspecified atom stereocenters. The first-order chi connectivity index (χ1) is 32.5. The number of unbranched alkanes of at least 4 members (excludes halogenated alkanes) is 21. The highest BCUT2D eigenvalue weighted by Gasteiger charge is 2.19. The summed E-state index contributed by atoms with van der Waals surface area (Å²) in [6.45, 7) is 6.35. The van der Waals surface area contributed by atoms with Gasteiger partial charge in [-0.25, -0.2) is 0 Å². The Balaban J connectivity index is 4.48. The number of ether oxygens (including phenoxy) is 3. The Labute approximate surface area is 407 Å². The van der Waals surface area contributed by atoms with E-state index in [-0.39, 0.29) is 37.5 Å². The van der Waals surface area contributed by atoms with E-state index in [1.165, 1.54) is 96.3 Å². The molecule has 0 aromatic carbocycles. The molecule has 6 nitrogen and oxygen atoms in total. The molecule has 0 saturated carbocycles. The zero-order valence-corrected chi connectivity index (χ0v) is 42.9. The van der Waals surface area contributed by atoms with Crippen LogP contribution >= 0.6 is 0 Å². The number of allylic oxidation sites excluding steroid dienone is 16. The van der Waals surface area contributed by atoms with E-state index in [4.69, 9.17) is 14.2 Å². The molecule has 0 amide bonds. The van der Waals surface area contributed by atoms with Crippen molar-refractivity contribution in [3.8, 4) is 0 Å². The van der Waals surface area contributed by atoms with Crippen LogP contribution in [-0.4, -0.2) is 37.2 Å². The van der Waals surface area contributed by atoms with E-state index in [9.17, 15) is 14.4 Å². The van der Waals surface area contributed by atoms with Gasteiger partial charge in [-0.2, -0.15) is 0 Å². The van der Waals surface area contributed by atoms with E-state index in [1.54, 1.807) is 0 Å². The molecule has 1 atom stereocenters. The minimum Gasteiger partial charge on any atom is -0.462 e. The third-order valence-corrected chi connectivity index (χ3v) is 11.3. The summed E-state index contributed by atoms with van der Waals surface area (Å²) in [6, 6.07) is 0. The molecule has 0 saturated heterocycles. The molecule has 0 aromatic heterocycles. The predicted octanol–water partition coefficient (Wildman–Crippen LogP) is 18.1. The van der Waals surface area contributed by atoms with Gasteiger partial charge in [0.15, 0.2) is 6.10 Å². The third kappa shape index (κ3) is 51.3. The van der Waals surface area contributed by atoms with Gasteiger partial charge in [-0.15, -0.1) is 0 Å². The molecule has 0 aromatic rings. The molecule has 0 bridgehead atoms. The second-order valence-electron chi connectivity index (χ2n) is 17.7. The zero-order valence-electron chi connectivity index (χ0n) is 42.9. The van der Waals surface area contributed by atoms with Crippen molar-refractivity contribution >= 4 is 17.9 Å². The van der Waals surface area contributed by atoms with E-state index < -0.39 is 6.10 Å². The molecule has 376 valence electrons. The van der Waals surface area contributed by atoms with Crippen LogP contribution in [0.1, 0.15) is 245 Å². The summed E-state index contributed by atoms with van der Waals surface area (Å²) < 4.78 is 16.8. The first-order valence-electron chi connectivity index (χ1n) is 27.2. The van der Waals surface area contributed by atoms with Crippen molar-refractivity contribution in [1.29, 1.82) is 0 Å². The first kappa shape index (κ1) is 62.3. The summed E-state index contributed by atoms with van der Waals surface area (Å²) in [6.07, 6.45) is 71.2. The van der Waals surface area contributed by atoms with Crippen molar-refractivity contribution in [2.45, 2.75) is 252 Å². The van der Waals surface area contributed by atoms with Gasteiger partial charge in [-0.3, -0.25) is 14.4 Å². The van der Waals surface area contributed by atoms with Gasteiger partial charge in [0.2, 0.25) is 0 Å². The average molecular weight is 917 g/mol. The predicted molar refractivity (Wildman–Crippen MR) is 284 cm³/mol. The fraction of sp³-hybridized carbons (Fsp3) is 0.683. The normalized spacial score (nSPS) is 12.8. The van der Waals surface area contributed by atoms with Gasteiger partial charge in [0.1, 0.15) is 13.2 Å². The highest BCUT2D eigenvalue weighted by molar-refractivity contribution is 5.71. The molecule has 6 heteroatoms. The van der Waals surface area contributed by atoms with Crippen molar-refractivity contribution in [3.63, 3.8) is 0 Å². The number of rotatable bonds is 48. The van der Waals surface area contributed by atoms with E-state index in [2.05, 4.69) is 118 Å². The lowest BCUT2D eigenvalue weighted by molar-refractivity contribution is -0.167. The fourth-order valence-corrected chi connectivity index (χ4v) is 7.31. The standard InChI is InChI=1S/C60H100O6/c1-4-7-10-13-16-19-22-25-28-29-30-33-35-38-41-44-47-50-53-59(62)65-56-57(66-60(63)54-51-48-45-42-39-36-32-27-24-21-18-15-12-9-6-3)55-64-58(61)52-49-46-43-40-37-34-31-26-23-20-17-14-11-8-5-2/h8-9,11-12,17-18,20-21,26-27,31-32,37,39-40,42,57H,4-7,10,13-16,19,22-25,28-30,33-36,38,41,43-56H2,1-3H3/b11-8-,12-9-,20-17-,21-18-,31-26-,32-27-,40-37-,42-39-. The van der Waals surface area contributed by atoms with E-state index in [0.717, 1.165) is 96.3 Å². The molecule has 0 aliphatic carbocycles. The Hall–Kier alpha value is -3.67. The Kier molecular flexibility index (Phi) is 50.9. The summed E-state index contributed by atoms with van der Waals surface area (Å²) in [5.74, 6) is -0.990. The lowest BCUT2D eigenvalue weighted by Crippen LogP contribution is -2.30. The monoisotopic (exact) mass is 917 g/mol. The summed E-state index contributed by atoms with van der Waals surface area (Å²) >= 11 is 0. The third-order valence-electron chi connectivity index (χ3n) is 11.3. The Morgan fingerprint density at radius 2 is 0.591 bits per heavy atom. The van der Waals surface area contributed by atoms with Crippen LogP contribution in [0.25, 0.3) is 0 Å². The summed E-state index contributed by atoms with van der Waals surface area (Å²) in [7, 11) is 0. The Morgan fingerprint density at radius 1 is 0.318 bits per heavy atom. The van der Waals surface area contributed by atoms with Crippen molar-refractivity contribution in [2.24, 2.45) is 0 Å².